The van der Waals surface area contributed by atoms with Crippen LogP contribution < -0.4 is 10.6 Å². The Balaban J connectivity index is 2.13. The molecule has 94 valence electrons. The highest BCUT2D eigenvalue weighted by Crippen LogP contribution is 2.18. The lowest BCUT2D eigenvalue weighted by molar-refractivity contribution is -0.121. The van der Waals surface area contributed by atoms with Gasteiger partial charge >= 0.3 is 0 Å². The van der Waals surface area contributed by atoms with Crippen molar-refractivity contribution < 1.29 is 9.53 Å². The predicted molar refractivity (Wildman–Crippen MR) is 64.3 cm³/mol. The molecule has 4 nitrogen and oxygen atoms in total. The highest BCUT2D eigenvalue weighted by Gasteiger charge is 2.23. The van der Waals surface area contributed by atoms with E-state index in [0.717, 1.165) is 19.6 Å². The number of carbonyl (C=O) groups excluding carboxylic acids is 1. The van der Waals surface area contributed by atoms with Gasteiger partial charge in [-0.3, -0.25) is 4.79 Å². The molecule has 2 unspecified atom stereocenters. The van der Waals surface area contributed by atoms with Crippen molar-refractivity contribution in [1.29, 1.82) is 0 Å². The van der Waals surface area contributed by atoms with Crippen LogP contribution in [-0.2, 0) is 9.53 Å². The zero-order valence-electron chi connectivity index (χ0n) is 10.8. The van der Waals surface area contributed by atoms with E-state index in [1.54, 1.807) is 0 Å². The maximum absolute atomic E-state index is 11.5. The fourth-order valence-corrected chi connectivity index (χ4v) is 1.88. The summed E-state index contributed by atoms with van der Waals surface area (Å²) >= 11 is 0. The van der Waals surface area contributed by atoms with Crippen molar-refractivity contribution in [2.24, 2.45) is 5.92 Å². The Morgan fingerprint density at radius 3 is 2.62 bits per heavy atom. The Kier molecular flexibility index (Phi) is 4.74. The highest BCUT2D eigenvalue weighted by atomic mass is 16.5. The zero-order chi connectivity index (χ0) is 12.2. The summed E-state index contributed by atoms with van der Waals surface area (Å²) in [5, 5.41) is 6.11. The van der Waals surface area contributed by atoms with Gasteiger partial charge in [0.2, 0.25) is 5.91 Å². The highest BCUT2D eigenvalue weighted by molar-refractivity contribution is 5.78. The van der Waals surface area contributed by atoms with E-state index in [2.05, 4.69) is 17.6 Å². The molecule has 0 aliphatic carbocycles. The molecule has 0 aromatic carbocycles. The molecule has 1 heterocycles. The molecule has 1 saturated heterocycles. The summed E-state index contributed by atoms with van der Waals surface area (Å²) in [7, 11) is 0. The maximum Gasteiger partial charge on any atom is 0.234 e. The van der Waals surface area contributed by atoms with Gasteiger partial charge in [0.15, 0.2) is 0 Å². The smallest absolute Gasteiger partial charge is 0.234 e. The molecule has 1 fully saturated rings. The summed E-state index contributed by atoms with van der Waals surface area (Å²) in [5.74, 6) is 0.599. The lowest BCUT2D eigenvalue weighted by atomic mass is 10.0. The normalized spacial score (nSPS) is 25.8. The molecule has 0 radical (unpaired) electrons. The molecule has 0 aromatic heterocycles. The van der Waals surface area contributed by atoms with Crippen LogP contribution in [0.25, 0.3) is 0 Å². The number of hydrogen-bond donors (Lipinski definition) is 2. The van der Waals surface area contributed by atoms with E-state index in [4.69, 9.17) is 4.74 Å². The van der Waals surface area contributed by atoms with E-state index in [1.165, 1.54) is 0 Å². The van der Waals surface area contributed by atoms with Gasteiger partial charge in [0.1, 0.15) is 0 Å². The minimum absolute atomic E-state index is 0.0547. The van der Waals surface area contributed by atoms with Crippen molar-refractivity contribution in [3.63, 3.8) is 0 Å². The van der Waals surface area contributed by atoms with Crippen LogP contribution in [0.15, 0.2) is 0 Å². The Labute approximate surface area is 98.1 Å². The Bertz CT molecular complexity index is 236. The topological polar surface area (TPSA) is 50.4 Å². The van der Waals surface area contributed by atoms with Crippen LogP contribution in [0.4, 0.5) is 0 Å². The second-order valence-electron chi connectivity index (χ2n) is 5.55. The van der Waals surface area contributed by atoms with Crippen LogP contribution in [0, 0.1) is 5.92 Å². The van der Waals surface area contributed by atoms with Gasteiger partial charge in [-0.1, -0.05) is 0 Å². The Morgan fingerprint density at radius 2 is 2.12 bits per heavy atom. The molecule has 0 aromatic rings. The van der Waals surface area contributed by atoms with Gasteiger partial charge in [0.25, 0.3) is 0 Å². The van der Waals surface area contributed by atoms with Gasteiger partial charge in [-0.15, -0.1) is 0 Å². The molecule has 1 aliphatic rings. The SMILES string of the molecule is CC1OCCC1CNCC(=O)NC(C)(C)C. The molecule has 4 heteroatoms. The molecule has 0 spiro atoms. The number of rotatable bonds is 4. The standard InChI is InChI=1S/C12H24N2O2/c1-9-10(5-6-16-9)7-13-8-11(15)14-12(2,3)4/h9-10,13H,5-8H2,1-4H3,(H,14,15). The van der Waals surface area contributed by atoms with Gasteiger partial charge in [-0.05, 0) is 40.0 Å². The van der Waals surface area contributed by atoms with Crippen LogP contribution >= 0.6 is 0 Å². The fourth-order valence-electron chi connectivity index (χ4n) is 1.88. The van der Waals surface area contributed by atoms with Crippen LogP contribution in [-0.4, -0.2) is 37.2 Å². The zero-order valence-corrected chi connectivity index (χ0v) is 10.8. The first-order valence-electron chi connectivity index (χ1n) is 6.02. The first-order chi connectivity index (χ1) is 7.38. The van der Waals surface area contributed by atoms with Gasteiger partial charge < -0.3 is 15.4 Å². The number of carbonyl (C=O) groups is 1. The van der Waals surface area contributed by atoms with Crippen molar-refractivity contribution in [3.8, 4) is 0 Å². The van der Waals surface area contributed by atoms with E-state index in [0.29, 0.717) is 18.6 Å². The van der Waals surface area contributed by atoms with E-state index >= 15 is 0 Å². The molecule has 1 rings (SSSR count). The van der Waals surface area contributed by atoms with E-state index in [9.17, 15) is 4.79 Å². The molecule has 1 amide bonds. The van der Waals surface area contributed by atoms with Crippen molar-refractivity contribution in [1.82, 2.24) is 10.6 Å². The second kappa shape index (κ2) is 5.64. The number of amides is 1. The summed E-state index contributed by atoms with van der Waals surface area (Å²) in [6, 6.07) is 0. The molecule has 16 heavy (non-hydrogen) atoms. The fraction of sp³-hybridized carbons (Fsp3) is 0.917. The monoisotopic (exact) mass is 228 g/mol. The summed E-state index contributed by atoms with van der Waals surface area (Å²) in [4.78, 5) is 11.5. The largest absolute Gasteiger partial charge is 0.378 e. The molecule has 0 bridgehead atoms. The van der Waals surface area contributed by atoms with Crippen molar-refractivity contribution >= 4 is 5.91 Å². The third-order valence-electron chi connectivity index (χ3n) is 2.74. The Morgan fingerprint density at radius 1 is 1.44 bits per heavy atom. The third-order valence-corrected chi connectivity index (χ3v) is 2.74. The van der Waals surface area contributed by atoms with Crippen LogP contribution in [0.2, 0.25) is 0 Å². The lowest BCUT2D eigenvalue weighted by Gasteiger charge is -2.21. The van der Waals surface area contributed by atoms with E-state index in [1.807, 2.05) is 20.8 Å². The number of ether oxygens (including phenoxy) is 1. The number of nitrogens with one attached hydrogen (secondary N) is 2. The van der Waals surface area contributed by atoms with Gasteiger partial charge in [-0.25, -0.2) is 0 Å². The summed E-state index contributed by atoms with van der Waals surface area (Å²) < 4.78 is 5.46. The maximum atomic E-state index is 11.5. The quantitative estimate of drug-likeness (QED) is 0.752. The summed E-state index contributed by atoms with van der Waals surface area (Å²) in [5.41, 5.74) is -0.150. The molecule has 2 N–H and O–H groups in total. The van der Waals surface area contributed by atoms with Crippen molar-refractivity contribution in [2.75, 3.05) is 19.7 Å². The first-order valence-corrected chi connectivity index (χ1v) is 6.02. The van der Waals surface area contributed by atoms with E-state index in [-0.39, 0.29) is 11.4 Å². The van der Waals surface area contributed by atoms with Gasteiger partial charge in [0, 0.05) is 18.7 Å². The third kappa shape index (κ3) is 4.94. The first kappa shape index (κ1) is 13.5. The molecule has 0 saturated carbocycles. The van der Waals surface area contributed by atoms with Crippen molar-refractivity contribution in [3.05, 3.63) is 0 Å². The molecular formula is C12H24N2O2. The van der Waals surface area contributed by atoms with Crippen LogP contribution in [0.3, 0.4) is 0 Å². The summed E-state index contributed by atoms with van der Waals surface area (Å²) in [6.45, 7) is 10.1. The molecular weight excluding hydrogens is 204 g/mol. The van der Waals surface area contributed by atoms with Crippen LogP contribution in [0.1, 0.15) is 34.1 Å². The molecule has 1 aliphatic heterocycles. The van der Waals surface area contributed by atoms with E-state index < -0.39 is 0 Å². The van der Waals surface area contributed by atoms with Crippen molar-refractivity contribution in [2.45, 2.75) is 45.8 Å². The Hall–Kier alpha value is -0.610. The lowest BCUT2D eigenvalue weighted by Crippen LogP contribution is -2.45. The summed E-state index contributed by atoms with van der Waals surface area (Å²) in [6.07, 6.45) is 1.41. The number of hydrogen-bond acceptors (Lipinski definition) is 3. The van der Waals surface area contributed by atoms with Crippen LogP contribution in [0.5, 0.6) is 0 Å². The average Bonchev–Trinajstić information content (AvgIpc) is 2.48. The second-order valence-corrected chi connectivity index (χ2v) is 5.55. The van der Waals surface area contributed by atoms with Gasteiger partial charge in [-0.2, -0.15) is 0 Å². The average molecular weight is 228 g/mol. The van der Waals surface area contributed by atoms with Gasteiger partial charge in [0.05, 0.1) is 12.6 Å². The molecule has 2 atom stereocenters. The minimum atomic E-state index is -0.150. The predicted octanol–water partition coefficient (Wildman–Crippen LogP) is 0.916. The minimum Gasteiger partial charge on any atom is -0.378 e.